The molecule has 0 spiro atoms. The Hall–Kier alpha value is -3.11. The Morgan fingerprint density at radius 2 is 1.71 bits per heavy atom. The van der Waals surface area contributed by atoms with Crippen molar-refractivity contribution in [2.24, 2.45) is 0 Å². The lowest BCUT2D eigenvalue weighted by Gasteiger charge is -2.09. The largest absolute Gasteiger partial charge is 0.488 e. The van der Waals surface area contributed by atoms with Gasteiger partial charge in [-0.1, -0.05) is 54.6 Å². The Bertz CT molecular complexity index is 1030. The van der Waals surface area contributed by atoms with E-state index in [0.717, 1.165) is 20.4 Å². The second kappa shape index (κ2) is 9.72. The Kier molecular flexibility index (Phi) is 6.82. The van der Waals surface area contributed by atoms with Gasteiger partial charge in [0.05, 0.1) is 3.57 Å². The number of carbonyl (C=O) groups is 1. The molecule has 0 aliphatic heterocycles. The lowest BCUT2D eigenvalue weighted by Crippen LogP contribution is -2.13. The van der Waals surface area contributed by atoms with Crippen LogP contribution in [0.3, 0.4) is 0 Å². The first-order valence-corrected chi connectivity index (χ1v) is 9.68. The Morgan fingerprint density at radius 1 is 1.04 bits per heavy atom. The van der Waals surface area contributed by atoms with Crippen molar-refractivity contribution >= 4 is 40.3 Å². The molecule has 0 heterocycles. The number of amides is 1. The van der Waals surface area contributed by atoms with Crippen LogP contribution in [0.1, 0.15) is 11.1 Å². The van der Waals surface area contributed by atoms with E-state index in [1.165, 1.54) is 0 Å². The lowest BCUT2D eigenvalue weighted by molar-refractivity contribution is -0.112. The van der Waals surface area contributed by atoms with E-state index in [1.54, 1.807) is 18.2 Å². The van der Waals surface area contributed by atoms with E-state index in [-0.39, 0.29) is 5.57 Å². The standard InChI is InChI=1S/C23H17IN2O2/c24-21-14-18(11-12-22(21)28-16-17-7-3-1-4-8-17)13-19(15-25)23(27)26-20-9-5-2-6-10-20/h1-14H,16H2,(H,26,27)/b19-13-. The molecule has 138 valence electrons. The number of nitrogens with one attached hydrogen (secondary N) is 1. The molecule has 1 amide bonds. The first kappa shape index (κ1) is 19.6. The molecule has 0 unspecified atom stereocenters. The molecule has 0 aliphatic carbocycles. The van der Waals surface area contributed by atoms with Gasteiger partial charge in [0.1, 0.15) is 24.0 Å². The number of hydrogen-bond acceptors (Lipinski definition) is 3. The first-order valence-electron chi connectivity index (χ1n) is 8.60. The maximum atomic E-state index is 12.3. The van der Waals surface area contributed by atoms with Crippen LogP contribution in [0.5, 0.6) is 5.75 Å². The van der Waals surface area contributed by atoms with Crippen LogP contribution >= 0.6 is 22.6 Å². The summed E-state index contributed by atoms with van der Waals surface area (Å²) < 4.78 is 6.77. The summed E-state index contributed by atoms with van der Waals surface area (Å²) >= 11 is 2.19. The number of para-hydroxylation sites is 1. The Morgan fingerprint density at radius 3 is 2.36 bits per heavy atom. The van der Waals surface area contributed by atoms with Crippen molar-refractivity contribution in [2.75, 3.05) is 5.32 Å². The Balaban J connectivity index is 1.71. The molecule has 4 nitrogen and oxygen atoms in total. The van der Waals surface area contributed by atoms with Gasteiger partial charge in [-0.2, -0.15) is 5.26 Å². The van der Waals surface area contributed by atoms with Crippen molar-refractivity contribution < 1.29 is 9.53 Å². The molecule has 3 aromatic rings. The fraction of sp³-hybridized carbons (Fsp3) is 0.0435. The molecular weight excluding hydrogens is 463 g/mol. The lowest BCUT2D eigenvalue weighted by atomic mass is 10.1. The maximum absolute atomic E-state index is 12.3. The predicted molar refractivity (Wildman–Crippen MR) is 119 cm³/mol. The van der Waals surface area contributed by atoms with E-state index in [2.05, 4.69) is 27.9 Å². The molecule has 5 heteroatoms. The number of carbonyl (C=O) groups excluding carboxylic acids is 1. The number of ether oxygens (including phenoxy) is 1. The summed E-state index contributed by atoms with van der Waals surface area (Å²) in [6.45, 7) is 0.481. The Labute approximate surface area is 177 Å². The number of rotatable bonds is 6. The first-order chi connectivity index (χ1) is 13.7. The average Bonchev–Trinajstić information content (AvgIpc) is 2.72. The molecule has 0 aromatic heterocycles. The molecule has 0 fully saturated rings. The van der Waals surface area contributed by atoms with E-state index in [1.807, 2.05) is 72.8 Å². The van der Waals surface area contributed by atoms with Crippen molar-refractivity contribution in [3.63, 3.8) is 0 Å². The zero-order valence-electron chi connectivity index (χ0n) is 14.9. The summed E-state index contributed by atoms with van der Waals surface area (Å²) in [5.41, 5.74) is 2.54. The summed E-state index contributed by atoms with van der Waals surface area (Å²) in [6.07, 6.45) is 1.57. The summed E-state index contributed by atoms with van der Waals surface area (Å²) in [7, 11) is 0. The van der Waals surface area contributed by atoms with Gasteiger partial charge in [0.2, 0.25) is 0 Å². The van der Waals surface area contributed by atoms with Gasteiger partial charge in [-0.3, -0.25) is 4.79 Å². The molecule has 0 saturated heterocycles. The van der Waals surface area contributed by atoms with Crippen LogP contribution in [0.25, 0.3) is 6.08 Å². The highest BCUT2D eigenvalue weighted by molar-refractivity contribution is 14.1. The third-order valence-electron chi connectivity index (χ3n) is 3.90. The second-order valence-electron chi connectivity index (χ2n) is 5.95. The highest BCUT2D eigenvalue weighted by atomic mass is 127. The number of nitrogens with zero attached hydrogens (tertiary/aromatic N) is 1. The zero-order chi connectivity index (χ0) is 19.8. The minimum Gasteiger partial charge on any atom is -0.488 e. The van der Waals surface area contributed by atoms with E-state index in [9.17, 15) is 10.1 Å². The van der Waals surface area contributed by atoms with E-state index < -0.39 is 5.91 Å². The van der Waals surface area contributed by atoms with Crippen molar-refractivity contribution in [3.8, 4) is 11.8 Å². The summed E-state index contributed by atoms with van der Waals surface area (Å²) in [5.74, 6) is 0.321. The van der Waals surface area contributed by atoms with Gasteiger partial charge >= 0.3 is 0 Å². The van der Waals surface area contributed by atoms with Crippen molar-refractivity contribution in [3.05, 3.63) is 99.1 Å². The van der Waals surface area contributed by atoms with Gasteiger partial charge < -0.3 is 10.1 Å². The second-order valence-corrected chi connectivity index (χ2v) is 7.12. The van der Waals surface area contributed by atoms with Crippen LogP contribution in [-0.4, -0.2) is 5.91 Å². The van der Waals surface area contributed by atoms with Crippen molar-refractivity contribution in [1.29, 1.82) is 5.26 Å². The SMILES string of the molecule is N#C/C(=C/c1ccc(OCc2ccccc2)c(I)c1)C(=O)Nc1ccccc1. The minimum atomic E-state index is -0.437. The monoisotopic (exact) mass is 480 g/mol. The molecule has 1 N–H and O–H groups in total. The highest BCUT2D eigenvalue weighted by Gasteiger charge is 2.10. The molecule has 3 rings (SSSR count). The molecule has 28 heavy (non-hydrogen) atoms. The molecule has 0 bridgehead atoms. The summed E-state index contributed by atoms with van der Waals surface area (Å²) in [6, 6.07) is 26.5. The maximum Gasteiger partial charge on any atom is 0.266 e. The normalized spacial score (nSPS) is 10.8. The van der Waals surface area contributed by atoms with Crippen LogP contribution in [0, 0.1) is 14.9 Å². The van der Waals surface area contributed by atoms with Crippen LogP contribution in [-0.2, 0) is 11.4 Å². The minimum absolute atomic E-state index is 0.0395. The van der Waals surface area contributed by atoms with E-state index >= 15 is 0 Å². The molecule has 0 radical (unpaired) electrons. The van der Waals surface area contributed by atoms with E-state index in [0.29, 0.717) is 12.3 Å². The van der Waals surface area contributed by atoms with E-state index in [4.69, 9.17) is 4.74 Å². The molecule has 0 saturated carbocycles. The number of hydrogen-bond donors (Lipinski definition) is 1. The molecular formula is C23H17IN2O2. The quantitative estimate of drug-likeness (QED) is 0.291. The number of benzene rings is 3. The summed E-state index contributed by atoms with van der Waals surface area (Å²) in [5, 5.41) is 12.1. The van der Waals surface area contributed by atoms with Gasteiger partial charge in [0.25, 0.3) is 5.91 Å². The van der Waals surface area contributed by atoms with Crippen LogP contribution < -0.4 is 10.1 Å². The fourth-order valence-electron chi connectivity index (χ4n) is 2.49. The molecule has 3 aromatic carbocycles. The molecule has 0 atom stereocenters. The van der Waals surface area contributed by atoms with Crippen LogP contribution in [0.2, 0.25) is 0 Å². The van der Waals surface area contributed by atoms with Gasteiger partial charge in [-0.25, -0.2) is 0 Å². The highest BCUT2D eigenvalue weighted by Crippen LogP contribution is 2.24. The number of anilines is 1. The predicted octanol–water partition coefficient (Wildman–Crippen LogP) is 5.42. The fourth-order valence-corrected chi connectivity index (χ4v) is 3.19. The van der Waals surface area contributed by atoms with Gasteiger partial charge in [0, 0.05) is 5.69 Å². The van der Waals surface area contributed by atoms with Gasteiger partial charge in [0.15, 0.2) is 0 Å². The smallest absolute Gasteiger partial charge is 0.266 e. The average molecular weight is 480 g/mol. The number of nitriles is 1. The van der Waals surface area contributed by atoms with Gasteiger partial charge in [-0.05, 0) is 64.1 Å². The number of halogens is 1. The van der Waals surface area contributed by atoms with Crippen molar-refractivity contribution in [1.82, 2.24) is 0 Å². The third-order valence-corrected chi connectivity index (χ3v) is 4.74. The van der Waals surface area contributed by atoms with Crippen molar-refractivity contribution in [2.45, 2.75) is 6.61 Å². The zero-order valence-corrected chi connectivity index (χ0v) is 17.1. The van der Waals surface area contributed by atoms with Crippen LogP contribution in [0.4, 0.5) is 5.69 Å². The molecule has 0 aliphatic rings. The topological polar surface area (TPSA) is 62.1 Å². The van der Waals surface area contributed by atoms with Gasteiger partial charge in [-0.15, -0.1) is 0 Å². The van der Waals surface area contributed by atoms with Crippen LogP contribution in [0.15, 0.2) is 84.4 Å². The summed E-state index contributed by atoms with van der Waals surface area (Å²) in [4.78, 5) is 12.3. The third kappa shape index (κ3) is 5.44.